The summed E-state index contributed by atoms with van der Waals surface area (Å²) in [7, 11) is 0. The Kier molecular flexibility index (Phi) is 5.14. The lowest BCUT2D eigenvalue weighted by Gasteiger charge is -2.33. The second-order valence-corrected chi connectivity index (χ2v) is 5.35. The number of nitrogens with zero attached hydrogens (tertiary/aromatic N) is 2. The van der Waals surface area contributed by atoms with Gasteiger partial charge in [-0.05, 0) is 38.0 Å². The molecule has 1 aromatic rings. The molecule has 124 valence electrons. The van der Waals surface area contributed by atoms with E-state index in [9.17, 15) is 18.0 Å². The first-order valence-electron chi connectivity index (χ1n) is 7.39. The molecular formula is C16H17F3N2O2. The van der Waals surface area contributed by atoms with Crippen LogP contribution in [0.1, 0.15) is 30.9 Å². The van der Waals surface area contributed by atoms with Crippen molar-refractivity contribution in [3.8, 4) is 6.07 Å². The van der Waals surface area contributed by atoms with Crippen LogP contribution in [0.2, 0.25) is 0 Å². The Bertz CT molecular complexity index is 615. The molecule has 0 amide bonds. The lowest BCUT2D eigenvalue weighted by molar-refractivity contribution is -0.148. The van der Waals surface area contributed by atoms with Gasteiger partial charge in [-0.25, -0.2) is 0 Å². The second kappa shape index (κ2) is 6.90. The molecule has 0 N–H and O–H groups in total. The first-order chi connectivity index (χ1) is 10.9. The summed E-state index contributed by atoms with van der Waals surface area (Å²) in [4.78, 5) is 13.5. The molecule has 0 bridgehead atoms. The van der Waals surface area contributed by atoms with E-state index < -0.39 is 11.7 Å². The third-order valence-corrected chi connectivity index (χ3v) is 3.90. The van der Waals surface area contributed by atoms with Crippen LogP contribution in [-0.2, 0) is 15.7 Å². The number of carbonyl (C=O) groups is 1. The molecule has 0 unspecified atom stereocenters. The maximum atomic E-state index is 12.7. The van der Waals surface area contributed by atoms with Crippen LogP contribution in [0.4, 0.5) is 18.9 Å². The molecule has 23 heavy (non-hydrogen) atoms. The molecule has 4 nitrogen and oxygen atoms in total. The van der Waals surface area contributed by atoms with Crippen molar-refractivity contribution in [2.45, 2.75) is 25.9 Å². The zero-order valence-electron chi connectivity index (χ0n) is 12.7. The van der Waals surface area contributed by atoms with Gasteiger partial charge in [0.15, 0.2) is 0 Å². The van der Waals surface area contributed by atoms with Gasteiger partial charge in [0.05, 0.1) is 29.3 Å². The molecule has 0 radical (unpaired) electrons. The van der Waals surface area contributed by atoms with Crippen LogP contribution in [0.3, 0.4) is 0 Å². The van der Waals surface area contributed by atoms with E-state index in [2.05, 4.69) is 0 Å². The van der Waals surface area contributed by atoms with E-state index in [1.807, 2.05) is 11.0 Å². The average Bonchev–Trinajstić information content (AvgIpc) is 2.53. The van der Waals surface area contributed by atoms with Gasteiger partial charge >= 0.3 is 12.1 Å². The largest absolute Gasteiger partial charge is 0.466 e. The highest BCUT2D eigenvalue weighted by Crippen LogP contribution is 2.34. The molecule has 1 aromatic carbocycles. The summed E-state index contributed by atoms with van der Waals surface area (Å²) in [5, 5.41) is 9.13. The number of carbonyl (C=O) groups excluding carboxylic acids is 1. The zero-order valence-corrected chi connectivity index (χ0v) is 12.7. The lowest BCUT2D eigenvalue weighted by Crippen LogP contribution is -2.37. The van der Waals surface area contributed by atoms with Crippen molar-refractivity contribution in [3.05, 3.63) is 29.3 Å². The van der Waals surface area contributed by atoms with Crippen LogP contribution in [0, 0.1) is 17.2 Å². The zero-order chi connectivity index (χ0) is 17.0. The van der Waals surface area contributed by atoms with Crippen LogP contribution in [0.5, 0.6) is 0 Å². The third kappa shape index (κ3) is 3.95. The molecule has 0 spiro atoms. The van der Waals surface area contributed by atoms with Crippen molar-refractivity contribution in [2.24, 2.45) is 5.92 Å². The van der Waals surface area contributed by atoms with Gasteiger partial charge in [-0.15, -0.1) is 0 Å². The predicted octanol–water partition coefficient (Wildman–Crippen LogP) is 3.36. The van der Waals surface area contributed by atoms with Crippen molar-refractivity contribution >= 4 is 11.7 Å². The summed E-state index contributed by atoms with van der Waals surface area (Å²) in [5.41, 5.74) is -0.364. The van der Waals surface area contributed by atoms with Crippen molar-refractivity contribution in [3.63, 3.8) is 0 Å². The maximum Gasteiger partial charge on any atom is 0.416 e. The molecule has 7 heteroatoms. The molecule has 1 fully saturated rings. The summed E-state index contributed by atoms with van der Waals surface area (Å²) in [6.07, 6.45) is -3.35. The highest BCUT2D eigenvalue weighted by Gasteiger charge is 2.32. The van der Waals surface area contributed by atoms with E-state index in [0.717, 1.165) is 12.1 Å². The Hall–Kier alpha value is -2.23. The minimum atomic E-state index is -4.47. The minimum Gasteiger partial charge on any atom is -0.466 e. The predicted molar refractivity (Wildman–Crippen MR) is 77.7 cm³/mol. The molecule has 1 aliphatic rings. The van der Waals surface area contributed by atoms with Crippen LogP contribution in [0.15, 0.2) is 18.2 Å². The van der Waals surface area contributed by atoms with E-state index >= 15 is 0 Å². The van der Waals surface area contributed by atoms with E-state index in [1.54, 1.807) is 6.92 Å². The number of ether oxygens (including phenoxy) is 1. The second-order valence-electron chi connectivity index (χ2n) is 5.35. The van der Waals surface area contributed by atoms with Crippen molar-refractivity contribution in [2.75, 3.05) is 24.6 Å². The average molecular weight is 326 g/mol. The lowest BCUT2D eigenvalue weighted by atomic mass is 9.96. The van der Waals surface area contributed by atoms with Gasteiger partial charge in [-0.3, -0.25) is 4.79 Å². The van der Waals surface area contributed by atoms with Gasteiger partial charge in [0.2, 0.25) is 0 Å². The van der Waals surface area contributed by atoms with Gasteiger partial charge in [0, 0.05) is 13.1 Å². The molecule has 1 saturated heterocycles. The normalized spacial score (nSPS) is 16.0. The summed E-state index contributed by atoms with van der Waals surface area (Å²) in [6, 6.07) is 5.00. The fourth-order valence-electron chi connectivity index (χ4n) is 2.69. The highest BCUT2D eigenvalue weighted by atomic mass is 19.4. The topological polar surface area (TPSA) is 53.3 Å². The van der Waals surface area contributed by atoms with Crippen LogP contribution >= 0.6 is 0 Å². The summed E-state index contributed by atoms with van der Waals surface area (Å²) >= 11 is 0. The molecule has 0 aliphatic carbocycles. The standard InChI is InChI=1S/C16H17F3N2O2/c1-2-23-15(22)11-5-7-21(8-6-11)14-4-3-13(16(17,18)19)9-12(14)10-20/h3-4,9,11H,2,5-8H2,1H3. The Labute approximate surface area is 132 Å². The van der Waals surface area contributed by atoms with Crippen LogP contribution in [-0.4, -0.2) is 25.7 Å². The Balaban J connectivity index is 2.12. The minimum absolute atomic E-state index is 0.00518. The molecule has 2 rings (SSSR count). The highest BCUT2D eigenvalue weighted by molar-refractivity contribution is 5.73. The molecule has 0 aromatic heterocycles. The maximum absolute atomic E-state index is 12.7. The smallest absolute Gasteiger partial charge is 0.416 e. The Morgan fingerprint density at radius 1 is 1.39 bits per heavy atom. The number of halogens is 3. The molecule has 0 saturated carbocycles. The summed E-state index contributed by atoms with van der Waals surface area (Å²) in [6.45, 7) is 3.08. The van der Waals surface area contributed by atoms with Crippen molar-refractivity contribution in [1.29, 1.82) is 5.26 Å². The number of anilines is 1. The van der Waals surface area contributed by atoms with Gasteiger partial charge in [-0.2, -0.15) is 18.4 Å². The Morgan fingerprint density at radius 2 is 2.04 bits per heavy atom. The van der Waals surface area contributed by atoms with Gasteiger partial charge in [-0.1, -0.05) is 0 Å². The molecular weight excluding hydrogens is 309 g/mol. The third-order valence-electron chi connectivity index (χ3n) is 3.90. The first kappa shape index (κ1) is 17.1. The molecule has 0 atom stereocenters. The first-order valence-corrected chi connectivity index (χ1v) is 7.39. The number of nitriles is 1. The fraction of sp³-hybridized carbons (Fsp3) is 0.500. The van der Waals surface area contributed by atoms with Gasteiger partial charge < -0.3 is 9.64 Å². The number of piperidine rings is 1. The molecule has 1 heterocycles. The van der Waals surface area contributed by atoms with Crippen LogP contribution < -0.4 is 4.90 Å². The summed E-state index contributed by atoms with van der Waals surface area (Å²) < 4.78 is 43.1. The van der Waals surface area contributed by atoms with E-state index in [1.165, 1.54) is 6.07 Å². The Morgan fingerprint density at radius 3 is 2.57 bits per heavy atom. The molecule has 1 aliphatic heterocycles. The van der Waals surface area contributed by atoms with E-state index in [4.69, 9.17) is 10.00 Å². The quantitative estimate of drug-likeness (QED) is 0.799. The van der Waals surface area contributed by atoms with Gasteiger partial charge in [0.1, 0.15) is 6.07 Å². The fourth-order valence-corrected chi connectivity index (χ4v) is 2.69. The van der Waals surface area contributed by atoms with E-state index in [-0.39, 0.29) is 17.5 Å². The number of hydrogen-bond donors (Lipinski definition) is 0. The number of rotatable bonds is 3. The monoisotopic (exact) mass is 326 g/mol. The number of benzene rings is 1. The number of esters is 1. The van der Waals surface area contributed by atoms with Crippen LogP contribution in [0.25, 0.3) is 0 Å². The number of hydrogen-bond acceptors (Lipinski definition) is 4. The summed E-state index contributed by atoms with van der Waals surface area (Å²) in [5.74, 6) is -0.425. The van der Waals surface area contributed by atoms with E-state index in [0.29, 0.717) is 38.2 Å². The van der Waals surface area contributed by atoms with Crippen molar-refractivity contribution < 1.29 is 22.7 Å². The number of alkyl halides is 3. The SMILES string of the molecule is CCOC(=O)C1CCN(c2ccc(C(F)(F)F)cc2C#N)CC1. The van der Waals surface area contributed by atoms with Gasteiger partial charge in [0.25, 0.3) is 0 Å². The van der Waals surface area contributed by atoms with Crippen molar-refractivity contribution in [1.82, 2.24) is 0 Å².